The highest BCUT2D eigenvalue weighted by Gasteiger charge is 2.50. The van der Waals surface area contributed by atoms with Gasteiger partial charge in [0.05, 0.1) is 11.0 Å². The molecule has 0 aromatic rings. The lowest BCUT2D eigenvalue weighted by Crippen LogP contribution is -2.41. The van der Waals surface area contributed by atoms with Crippen molar-refractivity contribution < 1.29 is 8.42 Å². The highest BCUT2D eigenvalue weighted by Crippen LogP contribution is 2.47. The molecule has 0 radical (unpaired) electrons. The molecule has 0 spiro atoms. The third kappa shape index (κ3) is 1.94. The lowest BCUT2D eigenvalue weighted by molar-refractivity contribution is 0.369. The summed E-state index contributed by atoms with van der Waals surface area (Å²) in [4.78, 5) is 0. The zero-order valence-corrected chi connectivity index (χ0v) is 10.4. The second kappa shape index (κ2) is 4.06. The van der Waals surface area contributed by atoms with Gasteiger partial charge in [-0.05, 0) is 44.6 Å². The average molecular weight is 231 g/mol. The molecule has 0 heterocycles. The van der Waals surface area contributed by atoms with Crippen molar-refractivity contribution in [3.63, 3.8) is 0 Å². The second-order valence-corrected chi connectivity index (χ2v) is 7.38. The van der Waals surface area contributed by atoms with Crippen LogP contribution in [0, 0.1) is 11.8 Å². The molecule has 2 bridgehead atoms. The number of nitrogens with one attached hydrogen (secondary N) is 1. The zero-order chi connectivity index (χ0) is 11.1. The van der Waals surface area contributed by atoms with Gasteiger partial charge < -0.3 is 5.32 Å². The lowest BCUT2D eigenvalue weighted by Gasteiger charge is -2.28. The maximum absolute atomic E-state index is 12.1. The summed E-state index contributed by atoms with van der Waals surface area (Å²) in [6.07, 6.45) is 3.98. The Hall–Kier alpha value is -0.0900. The fourth-order valence-corrected chi connectivity index (χ4v) is 5.74. The van der Waals surface area contributed by atoms with E-state index in [1.54, 1.807) is 0 Å². The van der Waals surface area contributed by atoms with E-state index in [2.05, 4.69) is 5.32 Å². The van der Waals surface area contributed by atoms with E-state index in [0.29, 0.717) is 23.6 Å². The fourth-order valence-electron chi connectivity index (χ4n) is 3.47. The van der Waals surface area contributed by atoms with E-state index in [0.717, 1.165) is 19.3 Å². The Bertz CT molecular complexity index is 325. The van der Waals surface area contributed by atoms with Gasteiger partial charge in [-0.2, -0.15) is 0 Å². The van der Waals surface area contributed by atoms with Crippen molar-refractivity contribution in [2.75, 3.05) is 12.8 Å². The number of fused-ring (bicyclic) bond motifs is 2. The lowest BCUT2D eigenvalue weighted by atomic mass is 9.95. The van der Waals surface area contributed by atoms with Crippen LogP contribution in [0.15, 0.2) is 0 Å². The standard InChI is InChI=1S/C11H21NO2S/c1-3-4-15(13,14)11-7-8-5-9(11)10(6-8)12-2/h8-12H,3-7H2,1-2H3. The molecule has 4 atom stereocenters. The Morgan fingerprint density at radius 1 is 1.27 bits per heavy atom. The third-order valence-corrected chi connectivity index (χ3v) is 6.52. The largest absolute Gasteiger partial charge is 0.317 e. The molecular weight excluding hydrogens is 210 g/mol. The molecule has 2 saturated carbocycles. The molecule has 0 saturated heterocycles. The number of hydrogen-bond donors (Lipinski definition) is 1. The molecule has 4 unspecified atom stereocenters. The summed E-state index contributed by atoms with van der Waals surface area (Å²) in [5.41, 5.74) is 0. The highest BCUT2D eigenvalue weighted by molar-refractivity contribution is 7.92. The molecule has 0 amide bonds. The van der Waals surface area contributed by atoms with Crippen LogP contribution in [-0.4, -0.2) is 32.5 Å². The summed E-state index contributed by atoms with van der Waals surface area (Å²) in [5.74, 6) is 1.41. The Morgan fingerprint density at radius 3 is 2.53 bits per heavy atom. The van der Waals surface area contributed by atoms with Gasteiger partial charge in [-0.3, -0.25) is 0 Å². The van der Waals surface area contributed by atoms with Crippen molar-refractivity contribution in [2.45, 2.75) is 43.9 Å². The van der Waals surface area contributed by atoms with Gasteiger partial charge in [-0.25, -0.2) is 8.42 Å². The maximum atomic E-state index is 12.1. The van der Waals surface area contributed by atoms with Crippen LogP contribution in [0.4, 0.5) is 0 Å². The van der Waals surface area contributed by atoms with Crippen LogP contribution in [0.1, 0.15) is 32.6 Å². The van der Waals surface area contributed by atoms with Gasteiger partial charge in [-0.15, -0.1) is 0 Å². The topological polar surface area (TPSA) is 46.2 Å². The molecule has 1 N–H and O–H groups in total. The molecular formula is C11H21NO2S. The first-order chi connectivity index (χ1) is 7.08. The van der Waals surface area contributed by atoms with Gasteiger partial charge in [0.1, 0.15) is 0 Å². The van der Waals surface area contributed by atoms with Crippen LogP contribution in [0.3, 0.4) is 0 Å². The smallest absolute Gasteiger partial charge is 0.153 e. The third-order valence-electron chi connectivity index (χ3n) is 4.07. The summed E-state index contributed by atoms with van der Waals surface area (Å²) in [5, 5.41) is 3.23. The van der Waals surface area contributed by atoms with E-state index >= 15 is 0 Å². The molecule has 2 fully saturated rings. The zero-order valence-electron chi connectivity index (χ0n) is 9.57. The van der Waals surface area contributed by atoms with E-state index in [9.17, 15) is 8.42 Å². The van der Waals surface area contributed by atoms with E-state index in [-0.39, 0.29) is 5.25 Å². The summed E-state index contributed by atoms with van der Waals surface area (Å²) < 4.78 is 24.1. The summed E-state index contributed by atoms with van der Waals surface area (Å²) >= 11 is 0. The normalized spacial score (nSPS) is 39.9. The molecule has 4 heteroatoms. The van der Waals surface area contributed by atoms with Crippen LogP contribution in [0.5, 0.6) is 0 Å². The Morgan fingerprint density at radius 2 is 2.00 bits per heavy atom. The molecule has 2 aliphatic rings. The Labute approximate surface area is 92.6 Å². The van der Waals surface area contributed by atoms with Crippen LogP contribution in [0.25, 0.3) is 0 Å². The van der Waals surface area contributed by atoms with E-state index in [4.69, 9.17) is 0 Å². The van der Waals surface area contributed by atoms with Gasteiger partial charge in [0.15, 0.2) is 9.84 Å². The van der Waals surface area contributed by atoms with Gasteiger partial charge in [-0.1, -0.05) is 6.92 Å². The Kier molecular flexibility index (Phi) is 3.08. The quantitative estimate of drug-likeness (QED) is 0.791. The van der Waals surface area contributed by atoms with E-state index in [1.807, 2.05) is 14.0 Å². The molecule has 15 heavy (non-hydrogen) atoms. The van der Waals surface area contributed by atoms with E-state index < -0.39 is 9.84 Å². The average Bonchev–Trinajstić information content (AvgIpc) is 2.75. The highest BCUT2D eigenvalue weighted by atomic mass is 32.2. The Balaban J connectivity index is 2.13. The number of rotatable bonds is 4. The monoisotopic (exact) mass is 231 g/mol. The fraction of sp³-hybridized carbons (Fsp3) is 1.00. The second-order valence-electron chi connectivity index (χ2n) is 5.04. The first kappa shape index (κ1) is 11.4. The molecule has 2 rings (SSSR count). The molecule has 3 nitrogen and oxygen atoms in total. The molecule has 2 aliphatic carbocycles. The minimum atomic E-state index is -2.82. The van der Waals surface area contributed by atoms with Crippen molar-refractivity contribution >= 4 is 9.84 Å². The van der Waals surface area contributed by atoms with Crippen LogP contribution >= 0.6 is 0 Å². The maximum Gasteiger partial charge on any atom is 0.153 e. The first-order valence-electron chi connectivity index (χ1n) is 5.97. The summed E-state index contributed by atoms with van der Waals surface area (Å²) in [6.45, 7) is 1.94. The molecule has 88 valence electrons. The predicted molar refractivity (Wildman–Crippen MR) is 61.5 cm³/mol. The summed E-state index contributed by atoms with van der Waals surface area (Å²) in [7, 11) is -0.871. The van der Waals surface area contributed by atoms with Gasteiger partial charge in [0.25, 0.3) is 0 Å². The molecule has 0 aromatic carbocycles. The van der Waals surface area contributed by atoms with Crippen molar-refractivity contribution in [1.29, 1.82) is 0 Å². The van der Waals surface area contributed by atoms with Gasteiger partial charge >= 0.3 is 0 Å². The summed E-state index contributed by atoms with van der Waals surface area (Å²) in [6, 6.07) is 0.445. The van der Waals surface area contributed by atoms with Crippen LogP contribution in [-0.2, 0) is 9.84 Å². The number of sulfone groups is 1. The van der Waals surface area contributed by atoms with Crippen LogP contribution < -0.4 is 5.32 Å². The van der Waals surface area contributed by atoms with Crippen molar-refractivity contribution in [2.24, 2.45) is 11.8 Å². The van der Waals surface area contributed by atoms with E-state index in [1.165, 1.54) is 6.42 Å². The molecule has 0 aliphatic heterocycles. The minimum absolute atomic E-state index is 0.0475. The SMILES string of the molecule is CCCS(=O)(=O)C1CC2CC(NC)C1C2. The number of hydrogen-bond acceptors (Lipinski definition) is 3. The van der Waals surface area contributed by atoms with Gasteiger partial charge in [0.2, 0.25) is 0 Å². The van der Waals surface area contributed by atoms with Gasteiger partial charge in [0, 0.05) is 6.04 Å². The predicted octanol–water partition coefficient (Wildman–Crippen LogP) is 1.20. The van der Waals surface area contributed by atoms with Crippen LogP contribution in [0.2, 0.25) is 0 Å². The van der Waals surface area contributed by atoms with Crippen molar-refractivity contribution in [1.82, 2.24) is 5.32 Å². The van der Waals surface area contributed by atoms with Crippen molar-refractivity contribution in [3.05, 3.63) is 0 Å². The molecule has 0 aromatic heterocycles. The first-order valence-corrected chi connectivity index (χ1v) is 7.69. The van der Waals surface area contributed by atoms with Crippen molar-refractivity contribution in [3.8, 4) is 0 Å². The minimum Gasteiger partial charge on any atom is -0.317 e.